The van der Waals surface area contributed by atoms with Gasteiger partial charge in [0.05, 0.1) is 11.1 Å². The highest BCUT2D eigenvalue weighted by Crippen LogP contribution is 2.24. The second-order valence-electron chi connectivity index (χ2n) is 3.08. The monoisotopic (exact) mass is 285 g/mol. The minimum atomic E-state index is -0.608. The highest BCUT2D eigenvalue weighted by molar-refractivity contribution is 9.10. The van der Waals surface area contributed by atoms with Crippen LogP contribution in [0.25, 0.3) is 0 Å². The zero-order valence-electron chi connectivity index (χ0n) is 8.13. The van der Waals surface area contributed by atoms with Crippen LogP contribution in [-0.4, -0.2) is 5.78 Å². The quantitative estimate of drug-likeness (QED) is 0.792. The third-order valence-electron chi connectivity index (χ3n) is 2.08. The van der Waals surface area contributed by atoms with Gasteiger partial charge in [-0.05, 0) is 24.6 Å². The number of rotatable bonds is 3. The molecule has 4 heteroatoms. The molecule has 2 nitrogen and oxygen atoms in total. The van der Waals surface area contributed by atoms with Gasteiger partial charge in [0, 0.05) is 10.0 Å². The molecule has 1 aromatic rings. The average Bonchev–Trinajstić information content (AvgIpc) is 2.19. The first-order valence-electron chi connectivity index (χ1n) is 4.49. The van der Waals surface area contributed by atoms with Crippen molar-refractivity contribution in [3.63, 3.8) is 0 Å². The molecule has 0 saturated carbocycles. The maximum Gasteiger partial charge on any atom is 0.181 e. The van der Waals surface area contributed by atoms with E-state index in [1.807, 2.05) is 6.07 Å². The summed E-state index contributed by atoms with van der Waals surface area (Å²) in [5.41, 5.74) is 0.410. The van der Waals surface area contributed by atoms with Crippen LogP contribution in [0.2, 0.25) is 5.02 Å². The van der Waals surface area contributed by atoms with Crippen LogP contribution >= 0.6 is 27.5 Å². The second kappa shape index (κ2) is 5.29. The van der Waals surface area contributed by atoms with Crippen molar-refractivity contribution >= 4 is 33.3 Å². The molecule has 1 aromatic carbocycles. The lowest BCUT2D eigenvalue weighted by molar-refractivity contribution is 0.0947. The Balaban J connectivity index is 3.07. The number of halogens is 2. The van der Waals surface area contributed by atoms with Gasteiger partial charge in [0.25, 0.3) is 0 Å². The van der Waals surface area contributed by atoms with E-state index in [2.05, 4.69) is 15.9 Å². The van der Waals surface area contributed by atoms with Crippen molar-refractivity contribution in [2.24, 2.45) is 5.92 Å². The summed E-state index contributed by atoms with van der Waals surface area (Å²) in [7, 11) is 0. The molecule has 78 valence electrons. The molecule has 0 aliphatic carbocycles. The van der Waals surface area contributed by atoms with Gasteiger partial charge < -0.3 is 0 Å². The van der Waals surface area contributed by atoms with Gasteiger partial charge in [0.15, 0.2) is 5.78 Å². The van der Waals surface area contributed by atoms with E-state index in [1.54, 1.807) is 25.1 Å². The Morgan fingerprint density at radius 2 is 2.33 bits per heavy atom. The number of carbonyl (C=O) groups excluding carboxylic acids is 1. The standard InChI is InChI=1S/C11H9BrClNO/c1-2-7(6-14)11(15)9-4-3-8(12)5-10(9)13/h3-5,7H,2H2,1H3. The number of hydrogen-bond donors (Lipinski definition) is 0. The SMILES string of the molecule is CCC(C#N)C(=O)c1ccc(Br)cc1Cl. The Kier molecular flexibility index (Phi) is 4.31. The van der Waals surface area contributed by atoms with Crippen molar-refractivity contribution in [3.8, 4) is 6.07 Å². The van der Waals surface area contributed by atoms with Crippen molar-refractivity contribution in [1.82, 2.24) is 0 Å². The van der Waals surface area contributed by atoms with Gasteiger partial charge in [0.1, 0.15) is 5.92 Å². The summed E-state index contributed by atoms with van der Waals surface area (Å²) >= 11 is 9.18. The number of Topliss-reactive ketones (excluding diaryl/α,β-unsaturated/α-hetero) is 1. The number of carbonyl (C=O) groups is 1. The molecule has 15 heavy (non-hydrogen) atoms. The fourth-order valence-corrected chi connectivity index (χ4v) is 1.98. The predicted octanol–water partition coefficient (Wildman–Crippen LogP) is 3.83. The Morgan fingerprint density at radius 3 is 2.80 bits per heavy atom. The highest BCUT2D eigenvalue weighted by atomic mass is 79.9. The average molecular weight is 287 g/mol. The summed E-state index contributed by atoms with van der Waals surface area (Å²) in [6, 6.07) is 7.00. The fraction of sp³-hybridized carbons (Fsp3) is 0.273. The van der Waals surface area contributed by atoms with E-state index in [-0.39, 0.29) is 5.78 Å². The van der Waals surface area contributed by atoms with Crippen molar-refractivity contribution in [2.75, 3.05) is 0 Å². The van der Waals surface area contributed by atoms with Crippen LogP contribution in [0.4, 0.5) is 0 Å². The maximum atomic E-state index is 11.8. The Labute approximate surface area is 102 Å². The third-order valence-corrected chi connectivity index (χ3v) is 2.88. The first-order valence-corrected chi connectivity index (χ1v) is 5.66. The van der Waals surface area contributed by atoms with Gasteiger partial charge in [-0.3, -0.25) is 4.79 Å². The topological polar surface area (TPSA) is 40.9 Å². The number of ketones is 1. The summed E-state index contributed by atoms with van der Waals surface area (Å²) in [5, 5.41) is 9.16. The van der Waals surface area contributed by atoms with E-state index in [1.165, 1.54) is 0 Å². The van der Waals surface area contributed by atoms with Crippen molar-refractivity contribution < 1.29 is 4.79 Å². The van der Waals surface area contributed by atoms with Crippen molar-refractivity contribution in [2.45, 2.75) is 13.3 Å². The summed E-state index contributed by atoms with van der Waals surface area (Å²) in [6.45, 7) is 1.80. The van der Waals surface area contributed by atoms with Crippen LogP contribution in [0.3, 0.4) is 0 Å². The lowest BCUT2D eigenvalue weighted by Gasteiger charge is -2.07. The first kappa shape index (κ1) is 12.2. The summed E-state index contributed by atoms with van der Waals surface area (Å²) in [4.78, 5) is 11.8. The molecular formula is C11H9BrClNO. The van der Waals surface area contributed by atoms with Crippen LogP contribution in [0.15, 0.2) is 22.7 Å². The summed E-state index contributed by atoms with van der Waals surface area (Å²) in [6.07, 6.45) is 0.502. The minimum Gasteiger partial charge on any atom is -0.293 e. The molecule has 1 unspecified atom stereocenters. The lowest BCUT2D eigenvalue weighted by Crippen LogP contribution is -2.12. The van der Waals surface area contributed by atoms with Crippen LogP contribution in [-0.2, 0) is 0 Å². The van der Waals surface area contributed by atoms with Gasteiger partial charge >= 0.3 is 0 Å². The smallest absolute Gasteiger partial charge is 0.181 e. The van der Waals surface area contributed by atoms with Crippen LogP contribution < -0.4 is 0 Å². The van der Waals surface area contributed by atoms with Crippen molar-refractivity contribution in [1.29, 1.82) is 5.26 Å². The molecule has 0 aliphatic rings. The Morgan fingerprint density at radius 1 is 1.67 bits per heavy atom. The van der Waals surface area contributed by atoms with Gasteiger partial charge in [0.2, 0.25) is 0 Å². The molecule has 1 rings (SSSR count). The maximum absolute atomic E-state index is 11.8. The number of hydrogen-bond acceptors (Lipinski definition) is 2. The van der Waals surface area contributed by atoms with E-state index in [4.69, 9.17) is 16.9 Å². The zero-order valence-corrected chi connectivity index (χ0v) is 10.5. The van der Waals surface area contributed by atoms with E-state index in [0.717, 1.165) is 4.47 Å². The molecule has 0 aliphatic heterocycles. The van der Waals surface area contributed by atoms with Crippen LogP contribution in [0, 0.1) is 17.2 Å². The Hall–Kier alpha value is -0.850. The fourth-order valence-electron chi connectivity index (χ4n) is 1.21. The number of nitrogens with zero attached hydrogens (tertiary/aromatic N) is 1. The molecule has 0 fully saturated rings. The van der Waals surface area contributed by atoms with Crippen molar-refractivity contribution in [3.05, 3.63) is 33.3 Å². The molecule has 0 radical (unpaired) electrons. The minimum absolute atomic E-state index is 0.211. The predicted molar refractivity (Wildman–Crippen MR) is 62.9 cm³/mol. The van der Waals surface area contributed by atoms with Gasteiger partial charge in [-0.2, -0.15) is 5.26 Å². The van der Waals surface area contributed by atoms with E-state index in [0.29, 0.717) is 17.0 Å². The largest absolute Gasteiger partial charge is 0.293 e. The lowest BCUT2D eigenvalue weighted by atomic mass is 9.97. The normalized spacial score (nSPS) is 11.9. The molecule has 0 bridgehead atoms. The van der Waals surface area contributed by atoms with E-state index >= 15 is 0 Å². The molecule has 0 N–H and O–H groups in total. The van der Waals surface area contributed by atoms with E-state index in [9.17, 15) is 4.79 Å². The molecule has 0 amide bonds. The highest BCUT2D eigenvalue weighted by Gasteiger charge is 2.19. The second-order valence-corrected chi connectivity index (χ2v) is 4.40. The number of nitriles is 1. The van der Waals surface area contributed by atoms with E-state index < -0.39 is 5.92 Å². The summed E-state index contributed by atoms with van der Waals surface area (Å²) < 4.78 is 0.814. The molecule has 1 atom stereocenters. The first-order chi connectivity index (χ1) is 7.10. The van der Waals surface area contributed by atoms with Crippen LogP contribution in [0.5, 0.6) is 0 Å². The molecule has 0 aromatic heterocycles. The molecular weight excluding hydrogens is 277 g/mol. The third kappa shape index (κ3) is 2.80. The van der Waals surface area contributed by atoms with Crippen LogP contribution in [0.1, 0.15) is 23.7 Å². The Bertz CT molecular complexity index is 425. The number of benzene rings is 1. The van der Waals surface area contributed by atoms with Gasteiger partial charge in [-0.25, -0.2) is 0 Å². The molecule has 0 spiro atoms. The molecule has 0 saturated heterocycles. The van der Waals surface area contributed by atoms with Gasteiger partial charge in [-0.1, -0.05) is 34.5 Å². The molecule has 0 heterocycles. The zero-order chi connectivity index (χ0) is 11.4. The van der Waals surface area contributed by atoms with Gasteiger partial charge in [-0.15, -0.1) is 0 Å². The summed E-state index contributed by atoms with van der Waals surface area (Å²) in [5.74, 6) is -0.818.